The van der Waals surface area contributed by atoms with Crippen LogP contribution >= 0.6 is 0 Å². The summed E-state index contributed by atoms with van der Waals surface area (Å²) >= 11 is 0. The van der Waals surface area contributed by atoms with Crippen molar-refractivity contribution in [1.82, 2.24) is 4.90 Å². The summed E-state index contributed by atoms with van der Waals surface area (Å²) in [5, 5.41) is 1.04. The molecule has 0 aliphatic carbocycles. The highest BCUT2D eigenvalue weighted by Gasteiger charge is 2.19. The molecule has 0 aliphatic heterocycles. The zero-order valence-corrected chi connectivity index (χ0v) is 10.0. The molecule has 1 atom stereocenters. The van der Waals surface area contributed by atoms with Crippen molar-refractivity contribution in [2.45, 2.75) is 13.0 Å². The van der Waals surface area contributed by atoms with Gasteiger partial charge in [-0.25, -0.2) is 0 Å². The first-order chi connectivity index (χ1) is 8.13. The molecule has 1 amide bonds. The number of nitrogens with zero attached hydrogens (tertiary/aromatic N) is 1. The molecule has 1 aromatic carbocycles. The van der Waals surface area contributed by atoms with Crippen molar-refractivity contribution in [1.29, 1.82) is 0 Å². The average Bonchev–Trinajstić information content (AvgIpc) is 2.79. The monoisotopic (exact) mass is 232 g/mol. The van der Waals surface area contributed by atoms with Crippen LogP contribution in [-0.2, 0) is 4.79 Å². The van der Waals surface area contributed by atoms with E-state index >= 15 is 0 Å². The summed E-state index contributed by atoms with van der Waals surface area (Å²) in [5.41, 5.74) is 6.18. The summed E-state index contributed by atoms with van der Waals surface area (Å²) in [6.45, 7) is 1.94. The van der Waals surface area contributed by atoms with E-state index in [-0.39, 0.29) is 18.5 Å². The lowest BCUT2D eigenvalue weighted by Gasteiger charge is -2.22. The van der Waals surface area contributed by atoms with Gasteiger partial charge in [0.05, 0.1) is 12.6 Å². The van der Waals surface area contributed by atoms with E-state index in [1.54, 1.807) is 11.9 Å². The lowest BCUT2D eigenvalue weighted by Crippen LogP contribution is -2.34. The molecule has 0 saturated carbocycles. The van der Waals surface area contributed by atoms with Gasteiger partial charge in [0.25, 0.3) is 0 Å². The van der Waals surface area contributed by atoms with Gasteiger partial charge in [0.1, 0.15) is 11.3 Å². The fourth-order valence-electron chi connectivity index (χ4n) is 1.76. The predicted molar refractivity (Wildman–Crippen MR) is 66.5 cm³/mol. The molecule has 4 heteroatoms. The van der Waals surface area contributed by atoms with Crippen molar-refractivity contribution >= 4 is 16.9 Å². The minimum Gasteiger partial charge on any atom is -0.459 e. The van der Waals surface area contributed by atoms with Crippen molar-refractivity contribution in [3.8, 4) is 0 Å². The number of carbonyl (C=O) groups is 1. The maximum Gasteiger partial charge on any atom is 0.236 e. The summed E-state index contributed by atoms with van der Waals surface area (Å²) < 4.78 is 5.71. The van der Waals surface area contributed by atoms with E-state index in [1.165, 1.54) is 0 Å². The van der Waals surface area contributed by atoms with Crippen molar-refractivity contribution in [3.05, 3.63) is 36.1 Å². The normalized spacial score (nSPS) is 12.6. The molecule has 0 bridgehead atoms. The summed E-state index contributed by atoms with van der Waals surface area (Å²) in [4.78, 5) is 13.1. The number of carbonyl (C=O) groups excluding carboxylic acids is 1. The van der Waals surface area contributed by atoms with E-state index in [9.17, 15) is 4.79 Å². The molecular formula is C13H16N2O2. The number of benzene rings is 1. The predicted octanol–water partition coefficient (Wildman–Crippen LogP) is 1.91. The SMILES string of the molecule is CC(c1cc2ccccc2o1)N(C)C(=O)CN. The lowest BCUT2D eigenvalue weighted by molar-refractivity contribution is -0.130. The third-order valence-corrected chi connectivity index (χ3v) is 3.01. The molecule has 0 spiro atoms. The van der Waals surface area contributed by atoms with Crippen molar-refractivity contribution in [2.24, 2.45) is 5.73 Å². The molecule has 2 aromatic rings. The fraction of sp³-hybridized carbons (Fsp3) is 0.308. The highest BCUT2D eigenvalue weighted by Crippen LogP contribution is 2.26. The van der Waals surface area contributed by atoms with Crippen LogP contribution in [0.2, 0.25) is 0 Å². The van der Waals surface area contributed by atoms with Crippen molar-refractivity contribution in [3.63, 3.8) is 0 Å². The van der Waals surface area contributed by atoms with Crippen LogP contribution in [0.5, 0.6) is 0 Å². The van der Waals surface area contributed by atoms with E-state index in [4.69, 9.17) is 10.2 Å². The van der Waals surface area contributed by atoms with Gasteiger partial charge in [-0.3, -0.25) is 4.79 Å². The zero-order chi connectivity index (χ0) is 12.4. The Morgan fingerprint density at radius 1 is 1.47 bits per heavy atom. The van der Waals surface area contributed by atoms with Crippen LogP contribution in [0.25, 0.3) is 11.0 Å². The fourth-order valence-corrected chi connectivity index (χ4v) is 1.76. The molecule has 2 N–H and O–H groups in total. The second-order valence-corrected chi connectivity index (χ2v) is 4.07. The molecule has 1 aromatic heterocycles. The van der Waals surface area contributed by atoms with Gasteiger partial charge in [-0.05, 0) is 19.1 Å². The van der Waals surface area contributed by atoms with E-state index in [1.807, 2.05) is 37.3 Å². The topological polar surface area (TPSA) is 59.5 Å². The molecule has 0 radical (unpaired) electrons. The van der Waals surface area contributed by atoms with E-state index < -0.39 is 0 Å². The number of para-hydroxylation sites is 1. The van der Waals surface area contributed by atoms with Gasteiger partial charge in [0, 0.05) is 12.4 Å². The smallest absolute Gasteiger partial charge is 0.236 e. The van der Waals surface area contributed by atoms with Gasteiger partial charge in [-0.1, -0.05) is 18.2 Å². The molecule has 4 nitrogen and oxygen atoms in total. The Morgan fingerprint density at radius 2 is 2.18 bits per heavy atom. The number of amides is 1. The van der Waals surface area contributed by atoms with Gasteiger partial charge >= 0.3 is 0 Å². The zero-order valence-electron chi connectivity index (χ0n) is 10.0. The molecule has 17 heavy (non-hydrogen) atoms. The van der Waals surface area contributed by atoms with Crippen molar-refractivity contribution < 1.29 is 9.21 Å². The maximum atomic E-state index is 11.5. The first-order valence-corrected chi connectivity index (χ1v) is 5.57. The van der Waals surface area contributed by atoms with Crippen LogP contribution in [-0.4, -0.2) is 24.4 Å². The minimum atomic E-state index is -0.113. The van der Waals surface area contributed by atoms with Crippen LogP contribution < -0.4 is 5.73 Å². The molecule has 2 rings (SSSR count). The summed E-state index contributed by atoms with van der Waals surface area (Å²) in [6.07, 6.45) is 0. The Bertz CT molecular complexity index is 500. The first kappa shape index (κ1) is 11.7. The van der Waals surface area contributed by atoms with Crippen LogP contribution in [0.3, 0.4) is 0 Å². The second-order valence-electron chi connectivity index (χ2n) is 4.07. The highest BCUT2D eigenvalue weighted by molar-refractivity contribution is 5.79. The van der Waals surface area contributed by atoms with E-state index in [0.717, 1.165) is 16.7 Å². The summed E-state index contributed by atoms with van der Waals surface area (Å²) in [5.74, 6) is 0.674. The maximum absolute atomic E-state index is 11.5. The molecule has 1 unspecified atom stereocenters. The van der Waals surface area contributed by atoms with Crippen LogP contribution in [0.15, 0.2) is 34.7 Å². The Labute approximate surface area is 100.0 Å². The van der Waals surface area contributed by atoms with E-state index in [0.29, 0.717) is 0 Å². The third kappa shape index (κ3) is 2.17. The summed E-state index contributed by atoms with van der Waals surface area (Å²) in [7, 11) is 1.73. The van der Waals surface area contributed by atoms with Crippen LogP contribution in [0, 0.1) is 0 Å². The Balaban J connectivity index is 2.30. The molecular weight excluding hydrogens is 216 g/mol. The quantitative estimate of drug-likeness (QED) is 0.879. The number of hydrogen-bond acceptors (Lipinski definition) is 3. The Hall–Kier alpha value is -1.81. The number of nitrogens with two attached hydrogens (primary N) is 1. The standard InChI is InChI=1S/C13H16N2O2/c1-9(15(2)13(16)8-14)12-7-10-5-3-4-6-11(10)17-12/h3-7,9H,8,14H2,1-2H3. The summed E-state index contributed by atoms with van der Waals surface area (Å²) in [6, 6.07) is 9.63. The average molecular weight is 232 g/mol. The Kier molecular flexibility index (Phi) is 3.15. The minimum absolute atomic E-state index is 0.0149. The molecule has 0 fully saturated rings. The van der Waals surface area contributed by atoms with E-state index in [2.05, 4.69) is 0 Å². The second kappa shape index (κ2) is 4.59. The lowest BCUT2D eigenvalue weighted by atomic mass is 10.2. The number of fused-ring (bicyclic) bond motifs is 1. The van der Waals surface area contributed by atoms with Gasteiger partial charge in [-0.15, -0.1) is 0 Å². The van der Waals surface area contributed by atoms with Crippen LogP contribution in [0.1, 0.15) is 18.7 Å². The van der Waals surface area contributed by atoms with Crippen LogP contribution in [0.4, 0.5) is 0 Å². The number of hydrogen-bond donors (Lipinski definition) is 1. The van der Waals surface area contributed by atoms with Gasteiger partial charge in [0.15, 0.2) is 0 Å². The number of likely N-dealkylation sites (N-methyl/N-ethyl adjacent to an activating group) is 1. The molecule has 1 heterocycles. The number of rotatable bonds is 3. The molecule has 0 aliphatic rings. The largest absolute Gasteiger partial charge is 0.459 e. The van der Waals surface area contributed by atoms with Gasteiger partial charge in [0.2, 0.25) is 5.91 Å². The molecule has 0 saturated heterocycles. The first-order valence-electron chi connectivity index (χ1n) is 5.57. The highest BCUT2D eigenvalue weighted by atomic mass is 16.3. The van der Waals surface area contributed by atoms with Gasteiger partial charge < -0.3 is 15.1 Å². The number of furan rings is 1. The third-order valence-electron chi connectivity index (χ3n) is 3.01. The molecule has 90 valence electrons. The Morgan fingerprint density at radius 3 is 2.82 bits per heavy atom. The van der Waals surface area contributed by atoms with Crippen molar-refractivity contribution in [2.75, 3.05) is 13.6 Å². The van der Waals surface area contributed by atoms with Gasteiger partial charge in [-0.2, -0.15) is 0 Å².